The largest absolute Gasteiger partial charge is 0.469 e. The Kier molecular flexibility index (Phi) is 6.06. The van der Waals surface area contributed by atoms with E-state index in [0.717, 1.165) is 19.3 Å². The van der Waals surface area contributed by atoms with E-state index in [0.29, 0.717) is 25.1 Å². The molecule has 0 atom stereocenters. The lowest BCUT2D eigenvalue weighted by Crippen LogP contribution is -2.44. The van der Waals surface area contributed by atoms with Gasteiger partial charge in [0.25, 0.3) is 0 Å². The second-order valence-corrected chi connectivity index (χ2v) is 7.71. The number of aromatic nitrogens is 2. The van der Waals surface area contributed by atoms with E-state index in [-0.39, 0.29) is 12.3 Å². The summed E-state index contributed by atoms with van der Waals surface area (Å²) < 4.78 is 32.1. The topological polar surface area (TPSA) is 98.2 Å². The first-order valence-electron chi connectivity index (χ1n) is 7.79. The van der Waals surface area contributed by atoms with E-state index in [1.807, 2.05) is 0 Å². The predicted octanol–water partition coefficient (Wildman–Crippen LogP) is 1.06. The van der Waals surface area contributed by atoms with Gasteiger partial charge in [-0.1, -0.05) is 19.3 Å². The summed E-state index contributed by atoms with van der Waals surface area (Å²) in [4.78, 5) is 20.2. The maximum absolute atomic E-state index is 12.4. The fourth-order valence-electron chi connectivity index (χ4n) is 3.04. The zero-order chi connectivity index (χ0) is 16.8. The van der Waals surface area contributed by atoms with Crippen molar-refractivity contribution in [2.24, 2.45) is 5.41 Å². The van der Waals surface area contributed by atoms with Crippen molar-refractivity contribution < 1.29 is 17.9 Å². The quantitative estimate of drug-likeness (QED) is 0.745. The second-order valence-electron chi connectivity index (χ2n) is 5.90. The summed E-state index contributed by atoms with van der Waals surface area (Å²) in [5, 5.41) is 0. The highest BCUT2D eigenvalue weighted by Gasteiger charge is 2.44. The Morgan fingerprint density at radius 2 is 1.91 bits per heavy atom. The molecule has 0 aromatic carbocycles. The van der Waals surface area contributed by atoms with Gasteiger partial charge in [-0.15, -0.1) is 0 Å². The molecule has 1 aliphatic rings. The number of esters is 1. The van der Waals surface area contributed by atoms with E-state index >= 15 is 0 Å². The van der Waals surface area contributed by atoms with Crippen LogP contribution in [0.5, 0.6) is 0 Å². The van der Waals surface area contributed by atoms with E-state index in [2.05, 4.69) is 14.7 Å². The van der Waals surface area contributed by atoms with Crippen LogP contribution in [-0.4, -0.2) is 43.8 Å². The molecule has 1 aromatic rings. The Balaban J connectivity index is 1.96. The van der Waals surface area contributed by atoms with Gasteiger partial charge in [0.15, 0.2) is 0 Å². The lowest BCUT2D eigenvalue weighted by atomic mass is 9.75. The van der Waals surface area contributed by atoms with Crippen molar-refractivity contribution in [1.29, 1.82) is 0 Å². The van der Waals surface area contributed by atoms with Gasteiger partial charge in [0.1, 0.15) is 5.82 Å². The number of ether oxygens (including phenoxy) is 1. The molecule has 0 amide bonds. The number of nitrogens with one attached hydrogen (secondary N) is 1. The minimum atomic E-state index is -3.57. The molecule has 1 heterocycles. The number of hydrogen-bond donors (Lipinski definition) is 1. The van der Waals surface area contributed by atoms with Crippen LogP contribution in [0.15, 0.2) is 18.5 Å². The van der Waals surface area contributed by atoms with Crippen LogP contribution in [0.4, 0.5) is 0 Å². The number of carbonyl (C=O) groups excluding carboxylic acids is 1. The summed E-state index contributed by atoms with van der Waals surface area (Å²) in [6.45, 7) is 0.212. The van der Waals surface area contributed by atoms with Gasteiger partial charge >= 0.3 is 5.97 Å². The lowest BCUT2D eigenvalue weighted by molar-refractivity contribution is -0.153. The molecule has 0 bridgehead atoms. The van der Waals surface area contributed by atoms with Crippen LogP contribution in [-0.2, 0) is 26.0 Å². The first-order chi connectivity index (χ1) is 11.0. The molecule has 128 valence electrons. The molecular weight excluding hydrogens is 318 g/mol. The Labute approximate surface area is 136 Å². The van der Waals surface area contributed by atoms with Gasteiger partial charge in [0.2, 0.25) is 10.0 Å². The van der Waals surface area contributed by atoms with Crippen molar-refractivity contribution in [3.05, 3.63) is 24.3 Å². The van der Waals surface area contributed by atoms with Gasteiger partial charge in [0.05, 0.1) is 18.3 Å². The van der Waals surface area contributed by atoms with Gasteiger partial charge in [-0.3, -0.25) is 4.79 Å². The number of carbonyl (C=O) groups is 1. The summed E-state index contributed by atoms with van der Waals surface area (Å²) in [5.74, 6) is -0.0630. The highest BCUT2D eigenvalue weighted by atomic mass is 32.2. The molecule has 7 nitrogen and oxygen atoms in total. The van der Waals surface area contributed by atoms with Crippen LogP contribution in [0.3, 0.4) is 0 Å². The number of nitrogens with zero attached hydrogens (tertiary/aromatic N) is 2. The molecule has 1 N–H and O–H groups in total. The highest BCUT2D eigenvalue weighted by molar-refractivity contribution is 7.89. The second kappa shape index (κ2) is 7.83. The molecule has 0 aliphatic heterocycles. The van der Waals surface area contributed by atoms with Gasteiger partial charge in [-0.2, -0.15) is 0 Å². The van der Waals surface area contributed by atoms with E-state index in [1.165, 1.54) is 7.11 Å². The van der Waals surface area contributed by atoms with Gasteiger partial charge < -0.3 is 4.74 Å². The average molecular weight is 341 g/mol. The van der Waals surface area contributed by atoms with E-state index in [1.54, 1.807) is 18.5 Å². The van der Waals surface area contributed by atoms with Crippen molar-refractivity contribution in [1.82, 2.24) is 14.7 Å². The molecule has 0 unspecified atom stereocenters. The van der Waals surface area contributed by atoms with E-state index < -0.39 is 21.4 Å². The minimum Gasteiger partial charge on any atom is -0.469 e. The first kappa shape index (κ1) is 17.8. The number of rotatable bonds is 7. The monoisotopic (exact) mass is 341 g/mol. The van der Waals surface area contributed by atoms with Crippen LogP contribution in [0.2, 0.25) is 0 Å². The highest BCUT2D eigenvalue weighted by Crippen LogP contribution is 2.38. The maximum Gasteiger partial charge on any atom is 0.312 e. The standard InChI is InChI=1S/C15H23N3O4S/c1-22-14(19)15(7-3-2-4-8-15)12-23(20,21)18-11-6-13-16-9-5-10-17-13/h5,9-10,18H,2-4,6-8,11-12H2,1H3. The Hall–Kier alpha value is -1.54. The fraction of sp³-hybridized carbons (Fsp3) is 0.667. The summed E-state index contributed by atoms with van der Waals surface area (Å²) in [5.41, 5.74) is -0.915. The summed E-state index contributed by atoms with van der Waals surface area (Å²) in [7, 11) is -2.26. The van der Waals surface area contributed by atoms with Gasteiger partial charge in [-0.05, 0) is 18.9 Å². The fourth-order valence-corrected chi connectivity index (χ4v) is 4.69. The third-order valence-corrected chi connectivity index (χ3v) is 5.76. The molecule has 8 heteroatoms. The minimum absolute atomic E-state index is 0.212. The summed E-state index contributed by atoms with van der Waals surface area (Å²) >= 11 is 0. The molecule has 1 aromatic heterocycles. The maximum atomic E-state index is 12.4. The van der Waals surface area contributed by atoms with Crippen molar-refractivity contribution in [2.45, 2.75) is 38.5 Å². The summed E-state index contributed by atoms with van der Waals surface area (Å²) in [6.07, 6.45) is 7.48. The van der Waals surface area contributed by atoms with Gasteiger partial charge in [0, 0.05) is 25.4 Å². The van der Waals surface area contributed by atoms with E-state index in [4.69, 9.17) is 4.74 Å². The van der Waals surface area contributed by atoms with Crippen LogP contribution in [0.25, 0.3) is 0 Å². The zero-order valence-corrected chi connectivity index (χ0v) is 14.1. The zero-order valence-electron chi connectivity index (χ0n) is 13.3. The van der Waals surface area contributed by atoms with Crippen molar-refractivity contribution in [3.8, 4) is 0 Å². The van der Waals surface area contributed by atoms with Crippen molar-refractivity contribution in [2.75, 3.05) is 19.4 Å². The van der Waals surface area contributed by atoms with Crippen molar-refractivity contribution in [3.63, 3.8) is 0 Å². The molecule has 0 spiro atoms. The average Bonchev–Trinajstić information content (AvgIpc) is 2.55. The van der Waals surface area contributed by atoms with Crippen LogP contribution in [0, 0.1) is 5.41 Å². The van der Waals surface area contributed by atoms with Gasteiger partial charge in [-0.25, -0.2) is 23.1 Å². The number of methoxy groups -OCH3 is 1. The molecule has 1 aliphatic carbocycles. The molecule has 1 fully saturated rings. The van der Waals surface area contributed by atoms with Crippen LogP contribution in [0.1, 0.15) is 37.9 Å². The molecule has 0 radical (unpaired) electrons. The molecule has 1 saturated carbocycles. The Morgan fingerprint density at radius 1 is 1.26 bits per heavy atom. The Morgan fingerprint density at radius 3 is 2.52 bits per heavy atom. The Bertz CT molecular complexity index is 613. The first-order valence-corrected chi connectivity index (χ1v) is 9.44. The SMILES string of the molecule is COC(=O)C1(CS(=O)(=O)NCCc2ncccn2)CCCCC1. The van der Waals surface area contributed by atoms with Crippen molar-refractivity contribution >= 4 is 16.0 Å². The normalized spacial score (nSPS) is 17.6. The van der Waals surface area contributed by atoms with Crippen LogP contribution >= 0.6 is 0 Å². The summed E-state index contributed by atoms with van der Waals surface area (Å²) in [6, 6.07) is 1.71. The van der Waals surface area contributed by atoms with E-state index in [9.17, 15) is 13.2 Å². The molecule has 23 heavy (non-hydrogen) atoms. The van der Waals surface area contributed by atoms with Crippen LogP contribution < -0.4 is 4.72 Å². The molecule has 0 saturated heterocycles. The third-order valence-electron chi connectivity index (χ3n) is 4.19. The molecule has 2 rings (SSSR count). The smallest absolute Gasteiger partial charge is 0.312 e. The number of hydrogen-bond acceptors (Lipinski definition) is 6. The number of sulfonamides is 1. The lowest BCUT2D eigenvalue weighted by Gasteiger charge is -2.33. The third kappa shape index (κ3) is 4.97. The predicted molar refractivity (Wildman–Crippen MR) is 85.1 cm³/mol. The molecular formula is C15H23N3O4S.